The third-order valence-electron chi connectivity index (χ3n) is 2.05. The second-order valence-electron chi connectivity index (χ2n) is 3.38. The number of thioether (sulfide) groups is 1. The van der Waals surface area contributed by atoms with E-state index in [2.05, 4.69) is 51.1 Å². The third kappa shape index (κ3) is 3.69. The summed E-state index contributed by atoms with van der Waals surface area (Å²) in [7, 11) is 0. The van der Waals surface area contributed by atoms with Crippen molar-refractivity contribution in [3.63, 3.8) is 0 Å². The topological polar surface area (TPSA) is 0 Å². The fraction of sp³-hybridized carbons (Fsp3) is 0.333. The van der Waals surface area contributed by atoms with E-state index < -0.39 is 0 Å². The van der Waals surface area contributed by atoms with Crippen molar-refractivity contribution in [1.29, 1.82) is 0 Å². The maximum atomic E-state index is 2.20. The molecule has 0 radical (unpaired) electrons. The van der Waals surface area contributed by atoms with Crippen LogP contribution in [0.5, 0.6) is 0 Å². The van der Waals surface area contributed by atoms with E-state index in [0.717, 1.165) is 5.75 Å². The molecule has 0 heterocycles. The normalized spacial score (nSPS) is 9.77. The quantitative estimate of drug-likeness (QED) is 0.512. The minimum absolute atomic E-state index is 1.10. The summed E-state index contributed by atoms with van der Waals surface area (Å²) in [6, 6.07) is 10.5. The van der Waals surface area contributed by atoms with E-state index in [9.17, 15) is 0 Å². The fourth-order valence-electron chi connectivity index (χ4n) is 0.853. The zero-order chi connectivity index (χ0) is 9.68. The molecule has 0 aliphatic heterocycles. The molecule has 0 spiro atoms. The van der Waals surface area contributed by atoms with Crippen LogP contribution >= 0.6 is 11.8 Å². The van der Waals surface area contributed by atoms with Crippen LogP contribution in [-0.4, -0.2) is 5.75 Å². The van der Waals surface area contributed by atoms with Gasteiger partial charge in [0.15, 0.2) is 0 Å². The Hall–Kier alpha value is -0.690. The Morgan fingerprint density at radius 3 is 2.23 bits per heavy atom. The fourth-order valence-corrected chi connectivity index (χ4v) is 1.87. The molecule has 0 saturated carbocycles. The molecule has 70 valence electrons. The summed E-state index contributed by atoms with van der Waals surface area (Å²) in [5, 5.41) is 0. The lowest BCUT2D eigenvalue weighted by Gasteiger charge is -2.03. The van der Waals surface area contributed by atoms with Crippen molar-refractivity contribution < 1.29 is 0 Å². The number of hydrogen-bond donors (Lipinski definition) is 0. The summed E-state index contributed by atoms with van der Waals surface area (Å²) in [5.41, 5.74) is 2.91. The lowest BCUT2D eigenvalue weighted by Crippen LogP contribution is -1.84. The smallest absolute Gasteiger partial charge is 0.0190 e. The average molecular weight is 192 g/mol. The molecule has 1 aromatic rings. The first-order valence-electron chi connectivity index (χ1n) is 4.51. The molecule has 0 unspecified atom stereocenters. The molecular formula is C12H16S. The number of hydrogen-bond acceptors (Lipinski definition) is 1. The molecule has 0 bridgehead atoms. The van der Waals surface area contributed by atoms with Gasteiger partial charge in [0, 0.05) is 10.6 Å². The Bertz CT molecular complexity index is 281. The molecule has 0 amide bonds. The maximum Gasteiger partial charge on any atom is 0.0190 e. The molecule has 1 heteroatoms. The minimum atomic E-state index is 1.10. The Kier molecular flexibility index (Phi) is 4.10. The van der Waals surface area contributed by atoms with E-state index in [1.165, 1.54) is 16.0 Å². The van der Waals surface area contributed by atoms with Gasteiger partial charge < -0.3 is 0 Å². The predicted molar refractivity (Wildman–Crippen MR) is 61.2 cm³/mol. The Morgan fingerprint density at radius 2 is 1.69 bits per heavy atom. The molecular weight excluding hydrogens is 176 g/mol. The highest BCUT2D eigenvalue weighted by atomic mass is 32.2. The van der Waals surface area contributed by atoms with Crippen LogP contribution in [0, 0.1) is 0 Å². The number of allylic oxidation sites excluding steroid dienone is 1. The van der Waals surface area contributed by atoms with E-state index in [-0.39, 0.29) is 0 Å². The van der Waals surface area contributed by atoms with Crippen molar-refractivity contribution in [3.05, 3.63) is 41.5 Å². The highest BCUT2D eigenvalue weighted by Crippen LogP contribution is 2.20. The van der Waals surface area contributed by atoms with Gasteiger partial charge in [-0.25, -0.2) is 0 Å². The molecule has 0 nitrogen and oxygen atoms in total. The van der Waals surface area contributed by atoms with Gasteiger partial charge in [0.05, 0.1) is 0 Å². The van der Waals surface area contributed by atoms with Crippen molar-refractivity contribution >= 4 is 11.8 Å². The largest absolute Gasteiger partial charge is 0.122 e. The van der Waals surface area contributed by atoms with Gasteiger partial charge in [-0.3, -0.25) is 0 Å². The van der Waals surface area contributed by atoms with E-state index in [4.69, 9.17) is 0 Å². The van der Waals surface area contributed by atoms with Gasteiger partial charge in [0.1, 0.15) is 0 Å². The molecule has 0 atom stereocenters. The van der Waals surface area contributed by atoms with Crippen molar-refractivity contribution in [2.24, 2.45) is 0 Å². The van der Waals surface area contributed by atoms with E-state index in [1.807, 2.05) is 11.8 Å². The maximum absolute atomic E-state index is 2.20. The molecule has 0 aromatic heterocycles. The second-order valence-corrected chi connectivity index (χ2v) is 4.43. The summed E-state index contributed by atoms with van der Waals surface area (Å²) in [6.45, 7) is 6.53. The summed E-state index contributed by atoms with van der Waals surface area (Å²) >= 11 is 1.90. The van der Waals surface area contributed by atoms with E-state index in [1.54, 1.807) is 0 Å². The second kappa shape index (κ2) is 5.13. The van der Waals surface area contributed by atoms with Gasteiger partial charge in [-0.1, -0.05) is 29.3 Å². The summed E-state index contributed by atoms with van der Waals surface area (Å²) < 4.78 is 0. The first kappa shape index (κ1) is 10.4. The lowest BCUT2D eigenvalue weighted by atomic mass is 10.2. The number of rotatable bonds is 3. The monoisotopic (exact) mass is 192 g/mol. The van der Waals surface area contributed by atoms with Gasteiger partial charge in [0.2, 0.25) is 0 Å². The van der Waals surface area contributed by atoms with Gasteiger partial charge in [-0.15, -0.1) is 11.8 Å². The van der Waals surface area contributed by atoms with Crippen LogP contribution in [0.2, 0.25) is 0 Å². The highest BCUT2D eigenvalue weighted by Gasteiger charge is 1.94. The molecule has 0 aliphatic rings. The number of benzene rings is 1. The first-order valence-corrected chi connectivity index (χ1v) is 5.49. The summed E-state index contributed by atoms with van der Waals surface area (Å²) in [4.78, 5) is 1.35. The average Bonchev–Trinajstić information content (AvgIpc) is 2.15. The highest BCUT2D eigenvalue weighted by molar-refractivity contribution is 7.99. The molecule has 13 heavy (non-hydrogen) atoms. The zero-order valence-corrected chi connectivity index (χ0v) is 9.32. The van der Waals surface area contributed by atoms with E-state index >= 15 is 0 Å². The van der Waals surface area contributed by atoms with Crippen LogP contribution in [0.25, 0.3) is 0 Å². The van der Waals surface area contributed by atoms with Crippen molar-refractivity contribution in [2.75, 3.05) is 5.75 Å². The van der Waals surface area contributed by atoms with E-state index in [0.29, 0.717) is 0 Å². The zero-order valence-electron chi connectivity index (χ0n) is 8.50. The Morgan fingerprint density at radius 1 is 1.08 bits per heavy atom. The van der Waals surface area contributed by atoms with Gasteiger partial charge in [-0.05, 0) is 32.9 Å². The van der Waals surface area contributed by atoms with Crippen LogP contribution in [0.15, 0.2) is 46.4 Å². The van der Waals surface area contributed by atoms with Gasteiger partial charge in [-0.2, -0.15) is 0 Å². The molecule has 0 saturated heterocycles. The first-order chi connectivity index (χ1) is 6.20. The van der Waals surface area contributed by atoms with Gasteiger partial charge >= 0.3 is 0 Å². The van der Waals surface area contributed by atoms with Crippen LogP contribution in [0.4, 0.5) is 0 Å². The minimum Gasteiger partial charge on any atom is -0.122 e. The van der Waals surface area contributed by atoms with Crippen LogP contribution < -0.4 is 0 Å². The summed E-state index contributed by atoms with van der Waals surface area (Å²) in [5.74, 6) is 1.10. The molecule has 0 N–H and O–H groups in total. The summed E-state index contributed by atoms with van der Waals surface area (Å²) in [6.07, 6.45) is 0. The Labute approximate surface area is 85.1 Å². The Balaban J connectivity index is 2.49. The third-order valence-corrected chi connectivity index (χ3v) is 3.23. The van der Waals surface area contributed by atoms with Crippen molar-refractivity contribution in [2.45, 2.75) is 25.7 Å². The molecule has 0 fully saturated rings. The predicted octanol–water partition coefficient (Wildman–Crippen LogP) is 4.14. The van der Waals surface area contributed by atoms with Crippen LogP contribution in [0.3, 0.4) is 0 Å². The standard InChI is InChI=1S/C12H16S/c1-10(2)11(3)9-13-12-7-5-4-6-8-12/h4-8H,9H2,1-3H3. The van der Waals surface area contributed by atoms with Gasteiger partial charge in [0.25, 0.3) is 0 Å². The van der Waals surface area contributed by atoms with Crippen LogP contribution in [-0.2, 0) is 0 Å². The van der Waals surface area contributed by atoms with Crippen molar-refractivity contribution in [3.8, 4) is 0 Å². The molecule has 1 rings (SSSR count). The van der Waals surface area contributed by atoms with Crippen LogP contribution in [0.1, 0.15) is 20.8 Å². The lowest BCUT2D eigenvalue weighted by molar-refractivity contribution is 1.24. The molecule has 0 aliphatic carbocycles. The SMILES string of the molecule is CC(C)=C(C)CSc1ccccc1. The molecule has 1 aromatic carbocycles. The van der Waals surface area contributed by atoms with Crippen molar-refractivity contribution in [1.82, 2.24) is 0 Å².